The monoisotopic (exact) mass is 262 g/mol. The standard InChI is InChI=1S/C13H20F2O3/c14-13(15)7-1-9(2-8-13)12(11(17)18)5-3-10(16)4-6-12/h9-10,16H,1-8H2,(H,17,18). The summed E-state index contributed by atoms with van der Waals surface area (Å²) in [5.74, 6) is -3.66. The maximum absolute atomic E-state index is 13.1. The van der Waals surface area contributed by atoms with E-state index in [1.165, 1.54) is 0 Å². The van der Waals surface area contributed by atoms with Crippen molar-refractivity contribution in [3.05, 3.63) is 0 Å². The van der Waals surface area contributed by atoms with Gasteiger partial charge in [-0.05, 0) is 44.4 Å². The molecule has 0 amide bonds. The van der Waals surface area contributed by atoms with Gasteiger partial charge in [0.1, 0.15) is 0 Å². The highest BCUT2D eigenvalue weighted by atomic mass is 19.3. The van der Waals surface area contributed by atoms with Crippen molar-refractivity contribution in [2.75, 3.05) is 0 Å². The summed E-state index contributed by atoms with van der Waals surface area (Å²) in [6, 6.07) is 0. The maximum atomic E-state index is 13.1. The minimum Gasteiger partial charge on any atom is -0.481 e. The van der Waals surface area contributed by atoms with Gasteiger partial charge in [-0.2, -0.15) is 0 Å². The van der Waals surface area contributed by atoms with Gasteiger partial charge in [0.15, 0.2) is 0 Å². The fourth-order valence-electron chi connectivity index (χ4n) is 3.51. The number of rotatable bonds is 2. The summed E-state index contributed by atoms with van der Waals surface area (Å²) >= 11 is 0. The van der Waals surface area contributed by atoms with Crippen LogP contribution in [0.25, 0.3) is 0 Å². The quantitative estimate of drug-likeness (QED) is 0.804. The van der Waals surface area contributed by atoms with Crippen LogP contribution in [0.5, 0.6) is 0 Å². The normalized spacial score (nSPS) is 37.4. The van der Waals surface area contributed by atoms with Gasteiger partial charge in [0.25, 0.3) is 0 Å². The summed E-state index contributed by atoms with van der Waals surface area (Å²) in [6.07, 6.45) is 1.52. The highest BCUT2D eigenvalue weighted by Crippen LogP contribution is 2.50. The lowest BCUT2D eigenvalue weighted by molar-refractivity contribution is -0.161. The van der Waals surface area contributed by atoms with Crippen LogP contribution in [-0.2, 0) is 4.79 Å². The zero-order valence-electron chi connectivity index (χ0n) is 10.4. The van der Waals surface area contributed by atoms with E-state index >= 15 is 0 Å². The molecule has 0 aromatic carbocycles. The lowest BCUT2D eigenvalue weighted by Gasteiger charge is -2.44. The third-order valence-corrected chi connectivity index (χ3v) is 4.77. The lowest BCUT2D eigenvalue weighted by Crippen LogP contribution is -2.45. The second-order valence-electron chi connectivity index (χ2n) is 5.82. The number of alkyl halides is 2. The molecule has 0 radical (unpaired) electrons. The zero-order valence-corrected chi connectivity index (χ0v) is 10.4. The molecule has 0 aromatic rings. The Kier molecular flexibility index (Phi) is 3.63. The van der Waals surface area contributed by atoms with Crippen molar-refractivity contribution in [3.8, 4) is 0 Å². The fraction of sp³-hybridized carbons (Fsp3) is 0.923. The molecule has 2 saturated carbocycles. The molecule has 18 heavy (non-hydrogen) atoms. The molecule has 0 heterocycles. The van der Waals surface area contributed by atoms with Crippen LogP contribution in [0.1, 0.15) is 51.4 Å². The highest BCUT2D eigenvalue weighted by molar-refractivity contribution is 5.75. The molecule has 5 heteroatoms. The molecule has 2 fully saturated rings. The predicted octanol–water partition coefficient (Wildman–Crippen LogP) is 2.82. The Labute approximate surface area is 105 Å². The van der Waals surface area contributed by atoms with Crippen molar-refractivity contribution in [3.63, 3.8) is 0 Å². The number of aliphatic hydroxyl groups is 1. The van der Waals surface area contributed by atoms with E-state index < -0.39 is 23.4 Å². The van der Waals surface area contributed by atoms with Crippen LogP contribution in [0.4, 0.5) is 8.78 Å². The van der Waals surface area contributed by atoms with Gasteiger partial charge in [0.05, 0.1) is 11.5 Å². The SMILES string of the molecule is O=C(O)C1(C2CCC(F)(F)CC2)CCC(O)CC1. The molecular weight excluding hydrogens is 242 g/mol. The number of halogens is 2. The molecule has 0 saturated heterocycles. The predicted molar refractivity (Wildman–Crippen MR) is 61.4 cm³/mol. The number of carboxylic acid groups (broad SMARTS) is 1. The first-order valence-electron chi connectivity index (χ1n) is 6.65. The van der Waals surface area contributed by atoms with Crippen LogP contribution >= 0.6 is 0 Å². The van der Waals surface area contributed by atoms with E-state index in [9.17, 15) is 23.8 Å². The largest absolute Gasteiger partial charge is 0.481 e. The second-order valence-corrected chi connectivity index (χ2v) is 5.82. The van der Waals surface area contributed by atoms with E-state index in [-0.39, 0.29) is 31.6 Å². The van der Waals surface area contributed by atoms with Crippen molar-refractivity contribution in [2.45, 2.75) is 63.4 Å². The minimum absolute atomic E-state index is 0.165. The number of carbonyl (C=O) groups is 1. The average molecular weight is 262 g/mol. The van der Waals surface area contributed by atoms with E-state index in [0.29, 0.717) is 25.7 Å². The molecular formula is C13H20F2O3. The van der Waals surface area contributed by atoms with Gasteiger partial charge in [-0.25, -0.2) is 8.78 Å². The molecule has 2 aliphatic rings. The van der Waals surface area contributed by atoms with Gasteiger partial charge in [-0.15, -0.1) is 0 Å². The minimum atomic E-state index is -2.62. The number of hydrogen-bond acceptors (Lipinski definition) is 2. The summed E-state index contributed by atoms with van der Waals surface area (Å²) in [5, 5.41) is 19.0. The average Bonchev–Trinajstić information content (AvgIpc) is 2.30. The van der Waals surface area contributed by atoms with E-state index in [1.54, 1.807) is 0 Å². The Morgan fingerprint density at radius 1 is 1.00 bits per heavy atom. The molecule has 2 rings (SSSR count). The van der Waals surface area contributed by atoms with Crippen molar-refractivity contribution < 1.29 is 23.8 Å². The van der Waals surface area contributed by atoms with E-state index in [1.807, 2.05) is 0 Å². The van der Waals surface area contributed by atoms with E-state index in [0.717, 1.165) is 0 Å². The first kappa shape index (κ1) is 13.7. The molecule has 104 valence electrons. The van der Waals surface area contributed by atoms with Crippen LogP contribution < -0.4 is 0 Å². The van der Waals surface area contributed by atoms with Crippen molar-refractivity contribution in [2.24, 2.45) is 11.3 Å². The molecule has 3 nitrogen and oxygen atoms in total. The van der Waals surface area contributed by atoms with Crippen LogP contribution in [0, 0.1) is 11.3 Å². The zero-order chi connectivity index (χ0) is 13.4. The van der Waals surface area contributed by atoms with Gasteiger partial charge in [0.2, 0.25) is 5.92 Å². The number of aliphatic carboxylic acids is 1. The van der Waals surface area contributed by atoms with Crippen molar-refractivity contribution in [1.29, 1.82) is 0 Å². The second kappa shape index (κ2) is 4.76. The van der Waals surface area contributed by atoms with Gasteiger partial charge >= 0.3 is 5.97 Å². The molecule has 0 aromatic heterocycles. The van der Waals surface area contributed by atoms with Crippen molar-refractivity contribution in [1.82, 2.24) is 0 Å². The number of hydrogen-bond donors (Lipinski definition) is 2. The Balaban J connectivity index is 2.09. The topological polar surface area (TPSA) is 57.5 Å². The Morgan fingerprint density at radius 2 is 1.50 bits per heavy atom. The Hall–Kier alpha value is -0.710. The first-order chi connectivity index (χ1) is 8.36. The molecule has 2 aliphatic carbocycles. The lowest BCUT2D eigenvalue weighted by atomic mass is 9.61. The summed E-state index contributed by atoms with van der Waals surface area (Å²) in [4.78, 5) is 11.6. The molecule has 0 bridgehead atoms. The first-order valence-corrected chi connectivity index (χ1v) is 6.65. The van der Waals surface area contributed by atoms with Crippen molar-refractivity contribution >= 4 is 5.97 Å². The van der Waals surface area contributed by atoms with Crippen LogP contribution in [0.2, 0.25) is 0 Å². The molecule has 0 spiro atoms. The third-order valence-electron chi connectivity index (χ3n) is 4.77. The summed E-state index contributed by atoms with van der Waals surface area (Å²) in [6.45, 7) is 0. The smallest absolute Gasteiger partial charge is 0.309 e. The number of carboxylic acids is 1. The summed E-state index contributed by atoms with van der Waals surface area (Å²) < 4.78 is 26.3. The van der Waals surface area contributed by atoms with Gasteiger partial charge in [0, 0.05) is 12.8 Å². The summed E-state index contributed by atoms with van der Waals surface area (Å²) in [5.41, 5.74) is -0.879. The third kappa shape index (κ3) is 2.51. The van der Waals surface area contributed by atoms with Gasteiger partial charge in [-0.3, -0.25) is 4.79 Å². The molecule has 0 unspecified atom stereocenters. The molecule has 0 atom stereocenters. The van der Waals surface area contributed by atoms with Gasteiger partial charge in [-0.1, -0.05) is 0 Å². The fourth-order valence-corrected chi connectivity index (χ4v) is 3.51. The molecule has 0 aliphatic heterocycles. The Bertz CT molecular complexity index is 312. The van der Waals surface area contributed by atoms with Crippen LogP contribution in [-0.4, -0.2) is 28.2 Å². The summed E-state index contributed by atoms with van der Waals surface area (Å²) in [7, 11) is 0. The highest BCUT2D eigenvalue weighted by Gasteiger charge is 2.50. The van der Waals surface area contributed by atoms with Gasteiger partial charge < -0.3 is 10.2 Å². The van der Waals surface area contributed by atoms with E-state index in [4.69, 9.17) is 0 Å². The molecule has 2 N–H and O–H groups in total. The van der Waals surface area contributed by atoms with Crippen LogP contribution in [0.3, 0.4) is 0 Å². The van der Waals surface area contributed by atoms with Crippen LogP contribution in [0.15, 0.2) is 0 Å². The number of aliphatic hydroxyl groups excluding tert-OH is 1. The van der Waals surface area contributed by atoms with E-state index in [2.05, 4.69) is 0 Å². The Morgan fingerprint density at radius 3 is 1.94 bits per heavy atom. The maximum Gasteiger partial charge on any atom is 0.309 e.